The third-order valence-corrected chi connectivity index (χ3v) is 8.96. The van der Waals surface area contributed by atoms with Gasteiger partial charge in [0.1, 0.15) is 5.82 Å². The zero-order chi connectivity index (χ0) is 26.8. The Morgan fingerprint density at radius 1 is 0.811 bits per heavy atom. The molecule has 4 rings (SSSR count). The predicted molar refractivity (Wildman–Crippen MR) is 128 cm³/mol. The number of hydrogen-bond donors (Lipinski definition) is 0. The van der Waals surface area contributed by atoms with E-state index in [9.17, 15) is 30.7 Å². The number of halogens is 7. The van der Waals surface area contributed by atoms with E-state index in [1.54, 1.807) is 6.07 Å². The zero-order valence-electron chi connectivity index (χ0n) is 21.3. The average molecular weight is 535 g/mol. The van der Waals surface area contributed by atoms with Crippen LogP contribution in [0.2, 0.25) is 0 Å². The fourth-order valence-corrected chi connectivity index (χ4v) is 6.65. The SMILES string of the molecule is CC1CCC(C2CCC(c3ccc(C(F)(F)OC4CCC(C=C(F)C(F)(F)F)CC4)c(F)c3)CC2)CC1. The molecule has 0 spiro atoms. The molecule has 0 N–H and O–H groups in total. The molecule has 1 aromatic rings. The minimum absolute atomic E-state index is 0.0464. The standard InChI is InChI=1S/C29H37F7O/c1-18-2-6-20(7-3-18)21-8-10-22(11-9-21)23-12-15-25(26(30)17-23)29(35,36)37-24-13-4-19(5-14-24)16-27(31)28(32,33)34/h12,15-22,24H,2-11,13-14H2,1H3. The molecule has 37 heavy (non-hydrogen) atoms. The lowest BCUT2D eigenvalue weighted by molar-refractivity contribution is -0.279. The molecule has 0 aromatic heterocycles. The van der Waals surface area contributed by atoms with Crippen LogP contribution in [0.5, 0.6) is 0 Å². The molecule has 0 aliphatic heterocycles. The van der Waals surface area contributed by atoms with Crippen molar-refractivity contribution >= 4 is 0 Å². The summed E-state index contributed by atoms with van der Waals surface area (Å²) in [5.41, 5.74) is -0.0850. The minimum atomic E-state index is -5.04. The maximum Gasteiger partial charge on any atom is 0.442 e. The second-order valence-electron chi connectivity index (χ2n) is 11.6. The first-order chi connectivity index (χ1) is 17.4. The summed E-state index contributed by atoms with van der Waals surface area (Å²) in [7, 11) is 0. The molecule has 3 fully saturated rings. The number of allylic oxidation sites excluding steroid dienone is 2. The molecule has 8 heteroatoms. The quantitative estimate of drug-likeness (QED) is 0.330. The molecule has 0 radical (unpaired) electrons. The fourth-order valence-electron chi connectivity index (χ4n) is 6.65. The summed E-state index contributed by atoms with van der Waals surface area (Å²) in [5, 5.41) is 0. The van der Waals surface area contributed by atoms with Gasteiger partial charge in [-0.1, -0.05) is 25.8 Å². The predicted octanol–water partition coefficient (Wildman–Crippen LogP) is 9.97. The number of benzene rings is 1. The van der Waals surface area contributed by atoms with E-state index in [-0.39, 0.29) is 31.6 Å². The topological polar surface area (TPSA) is 9.23 Å². The highest BCUT2D eigenvalue weighted by molar-refractivity contribution is 5.29. The summed E-state index contributed by atoms with van der Waals surface area (Å²) in [6.45, 7) is 2.31. The lowest BCUT2D eigenvalue weighted by Gasteiger charge is -2.37. The molecule has 3 aliphatic rings. The van der Waals surface area contributed by atoms with Crippen molar-refractivity contribution < 1.29 is 35.5 Å². The first kappa shape index (κ1) is 28.4. The maximum atomic E-state index is 14.9. The molecule has 1 aromatic carbocycles. The molecule has 0 unspecified atom stereocenters. The lowest BCUT2D eigenvalue weighted by atomic mass is 9.68. The Morgan fingerprint density at radius 3 is 1.92 bits per heavy atom. The van der Waals surface area contributed by atoms with Crippen LogP contribution >= 0.6 is 0 Å². The van der Waals surface area contributed by atoms with Gasteiger partial charge >= 0.3 is 12.3 Å². The number of rotatable bonds is 6. The van der Waals surface area contributed by atoms with Crippen molar-refractivity contribution in [2.45, 2.75) is 108 Å². The normalized spacial score (nSPS) is 32.4. The van der Waals surface area contributed by atoms with E-state index >= 15 is 0 Å². The van der Waals surface area contributed by atoms with E-state index in [1.165, 1.54) is 31.7 Å². The number of hydrogen-bond acceptors (Lipinski definition) is 1. The molecule has 0 heterocycles. The average Bonchev–Trinajstić information content (AvgIpc) is 2.85. The van der Waals surface area contributed by atoms with E-state index in [0.717, 1.165) is 49.1 Å². The van der Waals surface area contributed by atoms with Gasteiger partial charge in [0.2, 0.25) is 0 Å². The fraction of sp³-hybridized carbons (Fsp3) is 0.724. The molecule has 0 saturated heterocycles. The van der Waals surface area contributed by atoms with E-state index in [0.29, 0.717) is 12.0 Å². The van der Waals surface area contributed by atoms with Gasteiger partial charge in [0.25, 0.3) is 0 Å². The maximum absolute atomic E-state index is 14.9. The second-order valence-corrected chi connectivity index (χ2v) is 11.6. The van der Waals surface area contributed by atoms with Crippen LogP contribution in [-0.2, 0) is 10.8 Å². The summed E-state index contributed by atoms with van der Waals surface area (Å²) in [6.07, 6.45) is 0.179. The number of alkyl halides is 5. The van der Waals surface area contributed by atoms with Crippen molar-refractivity contribution in [1.82, 2.24) is 0 Å². The highest BCUT2D eigenvalue weighted by atomic mass is 19.4. The van der Waals surface area contributed by atoms with E-state index in [2.05, 4.69) is 6.92 Å². The Hall–Kier alpha value is -1.57. The van der Waals surface area contributed by atoms with Gasteiger partial charge < -0.3 is 4.74 Å². The van der Waals surface area contributed by atoms with Crippen molar-refractivity contribution in [1.29, 1.82) is 0 Å². The summed E-state index contributed by atoms with van der Waals surface area (Å²) in [6, 6.07) is 3.89. The van der Waals surface area contributed by atoms with Crippen LogP contribution in [0.3, 0.4) is 0 Å². The first-order valence-corrected chi connectivity index (χ1v) is 13.7. The summed E-state index contributed by atoms with van der Waals surface area (Å²) < 4.78 is 99.8. The van der Waals surface area contributed by atoms with E-state index < -0.39 is 41.5 Å². The Bertz CT molecular complexity index is 917. The highest BCUT2D eigenvalue weighted by Gasteiger charge is 2.41. The zero-order valence-corrected chi connectivity index (χ0v) is 21.3. The summed E-state index contributed by atoms with van der Waals surface area (Å²) in [5.74, 6) is -1.39. The van der Waals surface area contributed by atoms with Crippen molar-refractivity contribution in [2.24, 2.45) is 23.7 Å². The highest BCUT2D eigenvalue weighted by Crippen LogP contribution is 2.45. The van der Waals surface area contributed by atoms with Crippen LogP contribution in [0.15, 0.2) is 30.1 Å². The Balaban J connectivity index is 1.30. The van der Waals surface area contributed by atoms with Gasteiger partial charge in [-0.15, -0.1) is 0 Å². The lowest BCUT2D eigenvalue weighted by Crippen LogP contribution is -2.30. The van der Waals surface area contributed by atoms with Gasteiger partial charge in [-0.2, -0.15) is 22.0 Å². The Morgan fingerprint density at radius 2 is 1.38 bits per heavy atom. The molecular formula is C29H37F7O. The molecule has 0 atom stereocenters. The van der Waals surface area contributed by atoms with Gasteiger partial charge in [-0.25, -0.2) is 8.78 Å². The molecule has 0 amide bonds. The van der Waals surface area contributed by atoms with Gasteiger partial charge in [0, 0.05) is 0 Å². The first-order valence-electron chi connectivity index (χ1n) is 13.7. The Labute approximate surface area is 214 Å². The largest absolute Gasteiger partial charge is 0.442 e. The van der Waals surface area contributed by atoms with Crippen molar-refractivity contribution in [2.75, 3.05) is 0 Å². The third-order valence-electron chi connectivity index (χ3n) is 8.96. The third kappa shape index (κ3) is 7.30. The smallest absolute Gasteiger partial charge is 0.313 e. The molecule has 1 nitrogen and oxygen atoms in total. The van der Waals surface area contributed by atoms with Gasteiger partial charge in [-0.3, -0.25) is 0 Å². The molecule has 0 bridgehead atoms. The van der Waals surface area contributed by atoms with Crippen LogP contribution in [0.25, 0.3) is 0 Å². The molecular weight excluding hydrogens is 497 g/mol. The molecule has 208 valence electrons. The summed E-state index contributed by atoms with van der Waals surface area (Å²) >= 11 is 0. The van der Waals surface area contributed by atoms with Crippen molar-refractivity contribution in [3.05, 3.63) is 47.0 Å². The van der Waals surface area contributed by atoms with Crippen molar-refractivity contribution in [3.63, 3.8) is 0 Å². The van der Waals surface area contributed by atoms with Gasteiger partial charge in [0.15, 0.2) is 5.83 Å². The van der Waals surface area contributed by atoms with Crippen LogP contribution in [-0.4, -0.2) is 12.3 Å². The van der Waals surface area contributed by atoms with Crippen molar-refractivity contribution in [3.8, 4) is 0 Å². The van der Waals surface area contributed by atoms with Crippen LogP contribution < -0.4 is 0 Å². The monoisotopic (exact) mass is 534 g/mol. The summed E-state index contributed by atoms with van der Waals surface area (Å²) in [4.78, 5) is 0. The van der Waals surface area contributed by atoms with Crippen LogP contribution in [0.4, 0.5) is 30.7 Å². The minimum Gasteiger partial charge on any atom is -0.313 e. The Kier molecular flexibility index (Phi) is 8.97. The van der Waals surface area contributed by atoms with Gasteiger partial charge in [0.05, 0.1) is 11.7 Å². The van der Waals surface area contributed by atoms with Gasteiger partial charge in [-0.05, 0) is 118 Å². The van der Waals surface area contributed by atoms with Crippen LogP contribution in [0.1, 0.15) is 101 Å². The molecule has 3 aliphatic carbocycles. The van der Waals surface area contributed by atoms with Crippen LogP contribution in [0, 0.1) is 29.5 Å². The number of ether oxygens (including phenoxy) is 1. The van der Waals surface area contributed by atoms with E-state index in [4.69, 9.17) is 4.74 Å². The second kappa shape index (κ2) is 11.7. The molecule has 3 saturated carbocycles. The van der Waals surface area contributed by atoms with E-state index in [1.807, 2.05) is 0 Å².